The predicted molar refractivity (Wildman–Crippen MR) is 67.3 cm³/mol. The van der Waals surface area contributed by atoms with Crippen LogP contribution in [0.15, 0.2) is 23.4 Å². The zero-order valence-corrected chi connectivity index (χ0v) is 10.3. The second-order valence-corrected chi connectivity index (χ2v) is 4.17. The molecule has 1 aromatic rings. The van der Waals surface area contributed by atoms with Gasteiger partial charge in [-0.05, 0) is 43.9 Å². The molecule has 0 aliphatic rings. The van der Waals surface area contributed by atoms with Crippen molar-refractivity contribution in [3.63, 3.8) is 0 Å². The highest BCUT2D eigenvalue weighted by Crippen LogP contribution is 2.21. The largest absolute Gasteiger partial charge is 0.507 e. The molecule has 0 aliphatic heterocycles. The first-order valence-corrected chi connectivity index (χ1v) is 5.77. The van der Waals surface area contributed by atoms with E-state index in [2.05, 4.69) is 5.16 Å². The number of rotatable bonds is 6. The first-order valence-electron chi connectivity index (χ1n) is 5.77. The van der Waals surface area contributed by atoms with E-state index in [0.717, 1.165) is 5.56 Å². The molecular formula is C13H17NO4. The molecule has 5 heteroatoms. The molecular weight excluding hydrogens is 234 g/mol. The Morgan fingerprint density at radius 1 is 1.28 bits per heavy atom. The number of aliphatic carboxylic acids is 1. The number of benzene rings is 1. The minimum Gasteiger partial charge on any atom is -0.507 e. The number of carboxylic acids is 1. The third-order valence-electron chi connectivity index (χ3n) is 2.64. The topological polar surface area (TPSA) is 90.1 Å². The van der Waals surface area contributed by atoms with Crippen molar-refractivity contribution in [2.24, 2.45) is 5.16 Å². The summed E-state index contributed by atoms with van der Waals surface area (Å²) in [5, 5.41) is 30.4. The quantitative estimate of drug-likeness (QED) is 0.313. The van der Waals surface area contributed by atoms with Gasteiger partial charge in [0, 0.05) is 12.0 Å². The number of oxime groups is 1. The van der Waals surface area contributed by atoms with Crippen molar-refractivity contribution in [3.05, 3.63) is 29.3 Å². The van der Waals surface area contributed by atoms with Gasteiger partial charge in [0.25, 0.3) is 0 Å². The van der Waals surface area contributed by atoms with Crippen LogP contribution in [-0.4, -0.2) is 27.1 Å². The number of aromatic hydroxyl groups is 1. The highest BCUT2D eigenvalue weighted by Gasteiger charge is 2.10. The van der Waals surface area contributed by atoms with Crippen molar-refractivity contribution in [2.45, 2.75) is 32.6 Å². The van der Waals surface area contributed by atoms with Crippen LogP contribution in [0.1, 0.15) is 36.8 Å². The lowest BCUT2D eigenvalue weighted by Crippen LogP contribution is -2.03. The Kier molecular flexibility index (Phi) is 5.17. The summed E-state index contributed by atoms with van der Waals surface area (Å²) >= 11 is 0. The summed E-state index contributed by atoms with van der Waals surface area (Å²) < 4.78 is 0. The molecule has 18 heavy (non-hydrogen) atoms. The molecule has 1 aromatic carbocycles. The molecule has 0 amide bonds. The highest BCUT2D eigenvalue weighted by molar-refractivity contribution is 6.02. The lowest BCUT2D eigenvalue weighted by Gasteiger charge is -2.07. The van der Waals surface area contributed by atoms with Crippen molar-refractivity contribution < 1.29 is 20.2 Å². The maximum absolute atomic E-state index is 10.4. The fraction of sp³-hybridized carbons (Fsp3) is 0.385. The summed E-state index contributed by atoms with van der Waals surface area (Å²) in [5.41, 5.74) is 1.77. The normalized spacial score (nSPS) is 11.5. The van der Waals surface area contributed by atoms with Crippen LogP contribution in [0.3, 0.4) is 0 Å². The minimum absolute atomic E-state index is 0.0704. The second-order valence-electron chi connectivity index (χ2n) is 4.17. The van der Waals surface area contributed by atoms with Gasteiger partial charge in [-0.25, -0.2) is 0 Å². The smallest absolute Gasteiger partial charge is 0.303 e. The molecule has 0 aliphatic carbocycles. The predicted octanol–water partition coefficient (Wildman–Crippen LogP) is 2.52. The SMILES string of the molecule is Cc1ccc(/C(CCCCC(=O)O)=N/O)c(O)c1. The summed E-state index contributed by atoms with van der Waals surface area (Å²) in [4.78, 5) is 10.4. The molecule has 0 heterocycles. The molecule has 0 aromatic heterocycles. The molecule has 98 valence electrons. The molecule has 5 nitrogen and oxygen atoms in total. The molecule has 0 unspecified atom stereocenters. The van der Waals surface area contributed by atoms with Crippen LogP contribution >= 0.6 is 0 Å². The Hall–Kier alpha value is -2.04. The van der Waals surface area contributed by atoms with Gasteiger partial charge in [0.05, 0.1) is 5.71 Å². The maximum Gasteiger partial charge on any atom is 0.303 e. The van der Waals surface area contributed by atoms with E-state index in [9.17, 15) is 9.90 Å². The number of hydrogen-bond donors (Lipinski definition) is 3. The Morgan fingerprint density at radius 2 is 1.94 bits per heavy atom. The van der Waals surface area contributed by atoms with E-state index in [4.69, 9.17) is 10.3 Å². The lowest BCUT2D eigenvalue weighted by atomic mass is 10.0. The number of phenols is 1. The Labute approximate surface area is 105 Å². The Morgan fingerprint density at radius 3 is 2.50 bits per heavy atom. The molecule has 1 rings (SSSR count). The van der Waals surface area contributed by atoms with Crippen LogP contribution in [0.25, 0.3) is 0 Å². The molecule has 0 radical (unpaired) electrons. The van der Waals surface area contributed by atoms with Gasteiger partial charge in [0.1, 0.15) is 5.75 Å². The van der Waals surface area contributed by atoms with E-state index >= 15 is 0 Å². The summed E-state index contributed by atoms with van der Waals surface area (Å²) in [6.07, 6.45) is 1.64. The van der Waals surface area contributed by atoms with Gasteiger partial charge in [-0.15, -0.1) is 0 Å². The Bertz CT molecular complexity index is 454. The molecule has 0 saturated carbocycles. The van der Waals surface area contributed by atoms with Crippen LogP contribution in [0.4, 0.5) is 0 Å². The first-order chi connectivity index (χ1) is 8.54. The molecule has 0 bridgehead atoms. The van der Waals surface area contributed by atoms with Gasteiger partial charge >= 0.3 is 5.97 Å². The van der Waals surface area contributed by atoms with Gasteiger partial charge in [-0.1, -0.05) is 11.2 Å². The van der Waals surface area contributed by atoms with Crippen molar-refractivity contribution >= 4 is 11.7 Å². The number of nitrogens with zero attached hydrogens (tertiary/aromatic N) is 1. The molecule has 0 atom stereocenters. The average Bonchev–Trinajstić information content (AvgIpc) is 2.30. The zero-order chi connectivity index (χ0) is 13.5. The van der Waals surface area contributed by atoms with E-state index in [1.54, 1.807) is 12.1 Å². The Balaban J connectivity index is 2.64. The fourth-order valence-electron chi connectivity index (χ4n) is 1.69. The number of carboxylic acid groups (broad SMARTS) is 1. The highest BCUT2D eigenvalue weighted by atomic mass is 16.4. The summed E-state index contributed by atoms with van der Waals surface area (Å²) in [6, 6.07) is 5.10. The lowest BCUT2D eigenvalue weighted by molar-refractivity contribution is -0.137. The van der Waals surface area contributed by atoms with Crippen LogP contribution < -0.4 is 0 Å². The summed E-state index contributed by atoms with van der Waals surface area (Å²) in [5.74, 6) is -0.767. The monoisotopic (exact) mass is 251 g/mol. The van der Waals surface area contributed by atoms with E-state index in [0.29, 0.717) is 30.5 Å². The van der Waals surface area contributed by atoms with Crippen LogP contribution in [0.5, 0.6) is 5.75 Å². The van der Waals surface area contributed by atoms with Crippen LogP contribution in [0.2, 0.25) is 0 Å². The van der Waals surface area contributed by atoms with Gasteiger partial charge in [0.15, 0.2) is 0 Å². The molecule has 3 N–H and O–H groups in total. The van der Waals surface area contributed by atoms with E-state index in [1.165, 1.54) is 0 Å². The fourth-order valence-corrected chi connectivity index (χ4v) is 1.69. The molecule has 0 saturated heterocycles. The zero-order valence-electron chi connectivity index (χ0n) is 10.3. The van der Waals surface area contributed by atoms with E-state index < -0.39 is 5.97 Å². The van der Waals surface area contributed by atoms with Gasteiger partial charge in [-0.3, -0.25) is 4.79 Å². The van der Waals surface area contributed by atoms with Crippen LogP contribution in [0, 0.1) is 6.92 Å². The maximum atomic E-state index is 10.4. The minimum atomic E-state index is -0.837. The van der Waals surface area contributed by atoms with Crippen molar-refractivity contribution in [1.29, 1.82) is 0 Å². The third kappa shape index (κ3) is 4.08. The molecule has 0 spiro atoms. The number of hydrogen-bond acceptors (Lipinski definition) is 4. The van der Waals surface area contributed by atoms with Gasteiger partial charge in [-0.2, -0.15) is 0 Å². The number of carbonyl (C=O) groups is 1. The van der Waals surface area contributed by atoms with Crippen molar-refractivity contribution in [1.82, 2.24) is 0 Å². The third-order valence-corrected chi connectivity index (χ3v) is 2.64. The van der Waals surface area contributed by atoms with Crippen molar-refractivity contribution in [3.8, 4) is 5.75 Å². The second kappa shape index (κ2) is 6.64. The van der Waals surface area contributed by atoms with Crippen molar-refractivity contribution in [2.75, 3.05) is 0 Å². The number of unbranched alkanes of at least 4 members (excludes halogenated alkanes) is 1. The van der Waals surface area contributed by atoms with E-state index in [1.807, 2.05) is 13.0 Å². The summed E-state index contributed by atoms with van der Waals surface area (Å²) in [6.45, 7) is 1.85. The summed E-state index contributed by atoms with van der Waals surface area (Å²) in [7, 11) is 0. The van der Waals surface area contributed by atoms with Gasteiger partial charge in [0.2, 0.25) is 0 Å². The van der Waals surface area contributed by atoms with Gasteiger partial charge < -0.3 is 15.4 Å². The molecule has 0 fully saturated rings. The first kappa shape index (κ1) is 14.0. The number of aryl methyl sites for hydroxylation is 1. The van der Waals surface area contributed by atoms with Crippen LogP contribution in [-0.2, 0) is 4.79 Å². The number of phenolic OH excluding ortho intramolecular Hbond substituents is 1. The average molecular weight is 251 g/mol. The van der Waals surface area contributed by atoms with E-state index in [-0.39, 0.29) is 12.2 Å². The standard InChI is InChI=1S/C13H17NO4/c1-9-6-7-10(12(15)8-9)11(14-18)4-2-3-5-13(16)17/h6-8,15,18H,2-5H2,1H3,(H,16,17)/b14-11+.